The van der Waals surface area contributed by atoms with Crippen LogP contribution in [-0.4, -0.2) is 25.8 Å². The van der Waals surface area contributed by atoms with E-state index in [1.54, 1.807) is 36.8 Å². The lowest BCUT2D eigenvalue weighted by molar-refractivity contribution is -0.126. The van der Waals surface area contributed by atoms with Crippen LogP contribution in [0.4, 0.5) is 10.1 Å². The van der Waals surface area contributed by atoms with Gasteiger partial charge in [-0.2, -0.15) is 0 Å². The van der Waals surface area contributed by atoms with Crippen LogP contribution in [0.5, 0.6) is 0 Å². The van der Waals surface area contributed by atoms with E-state index in [1.165, 1.54) is 6.07 Å². The van der Waals surface area contributed by atoms with E-state index in [2.05, 4.69) is 20.3 Å². The number of nitrogens with one attached hydrogen (secondary N) is 1. The topological polar surface area (TPSA) is 88.0 Å². The van der Waals surface area contributed by atoms with E-state index in [1.807, 2.05) is 25.1 Å². The minimum absolute atomic E-state index is 0.156. The molecule has 0 spiro atoms. The molecule has 1 fully saturated rings. The standard InChI is InChI=1S/C27H24ClFN4O2/c1-16(20-4-2-3-5-23(20)29)33-25-21-12-17(6-7-24(21)30-15-22(25)28)18-13-31-26(32-14-18)27(35)10-8-19(34)9-11-27/h2-7,12-16,35H,8-11H2,1H3,(H,30,33)/t16-/m1/s1. The Morgan fingerprint density at radius 2 is 1.74 bits per heavy atom. The Labute approximate surface area is 207 Å². The van der Waals surface area contributed by atoms with Crippen molar-refractivity contribution >= 4 is 34.0 Å². The SMILES string of the molecule is C[C@@H](Nc1c(Cl)cnc2ccc(-c3cnc(C4(O)CCC(=O)CC4)nc3)cc12)c1ccccc1F. The van der Waals surface area contributed by atoms with Crippen molar-refractivity contribution in [3.63, 3.8) is 0 Å². The van der Waals surface area contributed by atoms with Gasteiger partial charge in [0.1, 0.15) is 17.2 Å². The fourth-order valence-corrected chi connectivity index (χ4v) is 4.70. The summed E-state index contributed by atoms with van der Waals surface area (Å²) in [6, 6.07) is 12.0. The molecule has 6 nitrogen and oxygen atoms in total. The molecule has 2 N–H and O–H groups in total. The summed E-state index contributed by atoms with van der Waals surface area (Å²) in [5.41, 5.74) is 2.37. The molecule has 178 valence electrons. The number of nitrogens with zero attached hydrogens (tertiary/aromatic N) is 3. The third kappa shape index (κ3) is 4.61. The van der Waals surface area contributed by atoms with Crippen molar-refractivity contribution < 1.29 is 14.3 Å². The van der Waals surface area contributed by atoms with Crippen LogP contribution in [0.25, 0.3) is 22.0 Å². The van der Waals surface area contributed by atoms with Gasteiger partial charge in [0.05, 0.1) is 22.3 Å². The zero-order chi connectivity index (χ0) is 24.6. The maximum Gasteiger partial charge on any atom is 0.160 e. The second-order valence-corrected chi connectivity index (χ2v) is 9.37. The lowest BCUT2D eigenvalue weighted by Gasteiger charge is -2.29. The average molecular weight is 491 g/mol. The normalized spacial score (nSPS) is 16.3. The van der Waals surface area contributed by atoms with Crippen LogP contribution in [0.3, 0.4) is 0 Å². The zero-order valence-electron chi connectivity index (χ0n) is 19.1. The summed E-state index contributed by atoms with van der Waals surface area (Å²) in [6.45, 7) is 1.88. The van der Waals surface area contributed by atoms with Gasteiger partial charge >= 0.3 is 0 Å². The van der Waals surface area contributed by atoms with Gasteiger partial charge < -0.3 is 10.4 Å². The Hall–Kier alpha value is -3.42. The van der Waals surface area contributed by atoms with E-state index >= 15 is 0 Å². The fourth-order valence-electron chi connectivity index (χ4n) is 4.50. The quantitative estimate of drug-likeness (QED) is 0.357. The third-order valence-electron chi connectivity index (χ3n) is 6.59. The van der Waals surface area contributed by atoms with Gasteiger partial charge in [-0.3, -0.25) is 9.78 Å². The smallest absolute Gasteiger partial charge is 0.160 e. The highest BCUT2D eigenvalue weighted by molar-refractivity contribution is 6.34. The highest BCUT2D eigenvalue weighted by Crippen LogP contribution is 2.36. The number of ketones is 1. The van der Waals surface area contributed by atoms with Crippen molar-refractivity contribution in [3.8, 4) is 11.1 Å². The first-order valence-electron chi connectivity index (χ1n) is 11.5. The van der Waals surface area contributed by atoms with Gasteiger partial charge in [0.25, 0.3) is 0 Å². The largest absolute Gasteiger partial charge is 0.382 e. The molecule has 0 aliphatic heterocycles. The van der Waals surface area contributed by atoms with E-state index in [0.717, 1.165) is 22.0 Å². The number of aliphatic hydroxyl groups is 1. The lowest BCUT2D eigenvalue weighted by Crippen LogP contribution is -2.33. The van der Waals surface area contributed by atoms with Crippen LogP contribution < -0.4 is 5.32 Å². The van der Waals surface area contributed by atoms with Crippen molar-refractivity contribution in [1.29, 1.82) is 0 Å². The minimum Gasteiger partial charge on any atom is -0.382 e. The van der Waals surface area contributed by atoms with E-state index in [-0.39, 0.29) is 17.6 Å². The first kappa shape index (κ1) is 23.3. The number of rotatable bonds is 5. The van der Waals surface area contributed by atoms with Gasteiger partial charge in [-0.1, -0.05) is 35.9 Å². The van der Waals surface area contributed by atoms with Crippen molar-refractivity contribution in [2.75, 3.05) is 5.32 Å². The Kier molecular flexibility index (Phi) is 6.21. The Balaban J connectivity index is 1.47. The maximum absolute atomic E-state index is 14.3. The molecule has 1 atom stereocenters. The summed E-state index contributed by atoms with van der Waals surface area (Å²) in [5, 5.41) is 15.5. The van der Waals surface area contributed by atoms with Gasteiger partial charge in [-0.25, -0.2) is 14.4 Å². The first-order chi connectivity index (χ1) is 16.8. The molecule has 0 saturated heterocycles. The number of pyridine rings is 1. The Morgan fingerprint density at radius 1 is 1.03 bits per heavy atom. The molecule has 0 bridgehead atoms. The van der Waals surface area contributed by atoms with Gasteiger partial charge in [0, 0.05) is 47.9 Å². The molecule has 1 aliphatic rings. The number of Topliss-reactive ketones (excluding diaryl/α,β-unsaturated/α-hetero) is 1. The molecule has 8 heteroatoms. The van der Waals surface area contributed by atoms with Crippen LogP contribution in [-0.2, 0) is 10.4 Å². The van der Waals surface area contributed by atoms with Crippen LogP contribution in [0.2, 0.25) is 5.02 Å². The summed E-state index contributed by atoms with van der Waals surface area (Å²) in [7, 11) is 0. The highest BCUT2D eigenvalue weighted by Gasteiger charge is 2.36. The van der Waals surface area contributed by atoms with Crippen molar-refractivity contribution in [1.82, 2.24) is 15.0 Å². The van der Waals surface area contributed by atoms with E-state index in [4.69, 9.17) is 11.6 Å². The third-order valence-corrected chi connectivity index (χ3v) is 6.88. The van der Waals surface area contributed by atoms with Gasteiger partial charge in [-0.15, -0.1) is 0 Å². The lowest BCUT2D eigenvalue weighted by atomic mass is 9.83. The van der Waals surface area contributed by atoms with Gasteiger partial charge in [0.2, 0.25) is 0 Å². The number of aromatic nitrogens is 3. The number of carbonyl (C=O) groups excluding carboxylic acids is 1. The van der Waals surface area contributed by atoms with E-state index < -0.39 is 5.60 Å². The van der Waals surface area contributed by atoms with E-state index in [9.17, 15) is 14.3 Å². The molecule has 5 rings (SSSR count). The zero-order valence-corrected chi connectivity index (χ0v) is 19.9. The van der Waals surface area contributed by atoms with Gasteiger partial charge in [0.15, 0.2) is 5.82 Å². The minimum atomic E-state index is -1.17. The number of carbonyl (C=O) groups is 1. The van der Waals surface area contributed by atoms with Crippen molar-refractivity contribution in [3.05, 3.63) is 83.3 Å². The van der Waals surface area contributed by atoms with Crippen LogP contribution in [0, 0.1) is 5.82 Å². The molecule has 0 radical (unpaired) electrons. The van der Waals surface area contributed by atoms with E-state index in [0.29, 0.717) is 47.8 Å². The summed E-state index contributed by atoms with van der Waals surface area (Å²) in [5.74, 6) is 0.202. The first-order valence-corrected chi connectivity index (χ1v) is 11.9. The molecule has 2 aromatic carbocycles. The number of anilines is 1. The fraction of sp³-hybridized carbons (Fsp3) is 0.259. The molecule has 35 heavy (non-hydrogen) atoms. The predicted octanol–water partition coefficient (Wildman–Crippen LogP) is 5.99. The van der Waals surface area contributed by atoms with Crippen LogP contribution in [0.15, 0.2) is 61.1 Å². The summed E-state index contributed by atoms with van der Waals surface area (Å²) in [4.78, 5) is 24.8. The summed E-state index contributed by atoms with van der Waals surface area (Å²) >= 11 is 6.51. The predicted molar refractivity (Wildman–Crippen MR) is 134 cm³/mol. The molecule has 0 unspecified atom stereocenters. The molecular weight excluding hydrogens is 467 g/mol. The van der Waals surface area contributed by atoms with Crippen molar-refractivity contribution in [2.24, 2.45) is 0 Å². The average Bonchev–Trinajstić information content (AvgIpc) is 2.87. The second-order valence-electron chi connectivity index (χ2n) is 8.97. The van der Waals surface area contributed by atoms with Crippen LogP contribution >= 0.6 is 11.6 Å². The molecule has 2 heterocycles. The monoisotopic (exact) mass is 490 g/mol. The maximum atomic E-state index is 14.3. The molecule has 1 saturated carbocycles. The number of fused-ring (bicyclic) bond motifs is 1. The van der Waals surface area contributed by atoms with Gasteiger partial charge in [-0.05, 0) is 43.5 Å². The highest BCUT2D eigenvalue weighted by atomic mass is 35.5. The number of hydrogen-bond acceptors (Lipinski definition) is 6. The summed E-state index contributed by atoms with van der Waals surface area (Å²) < 4.78 is 14.3. The van der Waals surface area contributed by atoms with Crippen LogP contribution in [0.1, 0.15) is 50.0 Å². The molecule has 0 amide bonds. The molecule has 2 aromatic heterocycles. The molecular formula is C27H24ClFN4O2. The molecule has 1 aliphatic carbocycles. The Bertz CT molecular complexity index is 1400. The number of halogens is 2. The Morgan fingerprint density at radius 3 is 2.46 bits per heavy atom. The van der Waals surface area contributed by atoms with Crippen molar-refractivity contribution in [2.45, 2.75) is 44.2 Å². The number of benzene rings is 2. The second kappa shape index (κ2) is 9.32. The number of hydrogen-bond donors (Lipinski definition) is 2. The summed E-state index contributed by atoms with van der Waals surface area (Å²) in [6.07, 6.45) is 6.26. The molecule has 4 aromatic rings.